The van der Waals surface area contributed by atoms with Gasteiger partial charge in [0.05, 0.1) is 29.7 Å². The molecular formula is C25H21FN4O4. The Bertz CT molecular complexity index is 1490. The van der Waals surface area contributed by atoms with Crippen LogP contribution in [-0.4, -0.2) is 40.6 Å². The maximum absolute atomic E-state index is 14.8. The van der Waals surface area contributed by atoms with Crippen LogP contribution < -0.4 is 10.9 Å². The fourth-order valence-electron chi connectivity index (χ4n) is 4.50. The van der Waals surface area contributed by atoms with Crippen molar-refractivity contribution in [1.82, 2.24) is 20.5 Å². The minimum absolute atomic E-state index is 0.0355. The highest BCUT2D eigenvalue weighted by Gasteiger charge is 2.32. The number of benzene rings is 2. The van der Waals surface area contributed by atoms with Gasteiger partial charge in [-0.3, -0.25) is 9.59 Å². The lowest BCUT2D eigenvalue weighted by molar-refractivity contribution is 0.0592. The van der Waals surface area contributed by atoms with Crippen LogP contribution in [-0.2, 0) is 17.7 Å². The molecule has 9 heteroatoms. The second kappa shape index (κ2) is 8.68. The van der Waals surface area contributed by atoms with Crippen molar-refractivity contribution in [1.29, 1.82) is 0 Å². The summed E-state index contributed by atoms with van der Waals surface area (Å²) < 4.78 is 19.6. The summed E-state index contributed by atoms with van der Waals surface area (Å²) in [5.74, 6) is -2.19. The number of ketones is 1. The number of esters is 1. The van der Waals surface area contributed by atoms with Crippen LogP contribution in [0.2, 0.25) is 0 Å². The smallest absolute Gasteiger partial charge is 0.354 e. The molecule has 0 amide bonds. The van der Waals surface area contributed by atoms with Gasteiger partial charge in [0, 0.05) is 36.7 Å². The molecule has 0 aliphatic carbocycles. The normalized spacial score (nSPS) is 15.2. The van der Waals surface area contributed by atoms with Crippen LogP contribution in [0.4, 0.5) is 4.39 Å². The molecule has 0 fully saturated rings. The fourth-order valence-corrected chi connectivity index (χ4v) is 4.50. The molecule has 1 aliphatic rings. The summed E-state index contributed by atoms with van der Waals surface area (Å²) in [5.41, 5.74) is 2.57. The number of halogens is 1. The van der Waals surface area contributed by atoms with E-state index in [0.717, 1.165) is 0 Å². The molecule has 5 rings (SSSR count). The maximum atomic E-state index is 14.8. The van der Waals surface area contributed by atoms with Crippen LogP contribution in [0.25, 0.3) is 10.8 Å². The zero-order valence-corrected chi connectivity index (χ0v) is 18.3. The highest BCUT2D eigenvalue weighted by molar-refractivity contribution is 6.02. The van der Waals surface area contributed by atoms with Crippen molar-refractivity contribution in [2.75, 3.05) is 13.7 Å². The van der Waals surface area contributed by atoms with Gasteiger partial charge in [-0.05, 0) is 29.3 Å². The maximum Gasteiger partial charge on any atom is 0.354 e. The standard InChI is InChI=1S/C25H21FN4O4/c1-34-25(33)22-18-10-27-11-19(17(18)12-28-22)23(31)16-8-13(6-7-20(16)26)9-21-14-4-2-3-5-15(14)24(32)30-29-21/h2-8,12,19,27-28H,9-11H2,1H3,(H,30,32). The summed E-state index contributed by atoms with van der Waals surface area (Å²) in [4.78, 5) is 40.4. The van der Waals surface area contributed by atoms with Crippen LogP contribution in [0.5, 0.6) is 0 Å². The number of fused-ring (bicyclic) bond motifs is 2. The van der Waals surface area contributed by atoms with Gasteiger partial charge in [-0.2, -0.15) is 5.10 Å². The highest BCUT2D eigenvalue weighted by Crippen LogP contribution is 2.31. The first kappa shape index (κ1) is 21.7. The number of hydrogen-bond donors (Lipinski definition) is 3. The van der Waals surface area contributed by atoms with Gasteiger partial charge < -0.3 is 15.0 Å². The van der Waals surface area contributed by atoms with E-state index in [1.54, 1.807) is 24.4 Å². The molecule has 8 nitrogen and oxygen atoms in total. The first-order valence-electron chi connectivity index (χ1n) is 10.8. The number of nitrogens with one attached hydrogen (secondary N) is 3. The summed E-state index contributed by atoms with van der Waals surface area (Å²) in [7, 11) is 1.29. The van der Waals surface area contributed by atoms with Crippen molar-refractivity contribution >= 4 is 22.5 Å². The third-order valence-electron chi connectivity index (χ3n) is 6.20. The molecule has 172 valence electrons. The molecule has 0 saturated heterocycles. The topological polar surface area (TPSA) is 117 Å². The van der Waals surface area contributed by atoms with Crippen molar-refractivity contribution in [3.63, 3.8) is 0 Å². The molecule has 3 heterocycles. The van der Waals surface area contributed by atoms with E-state index >= 15 is 0 Å². The summed E-state index contributed by atoms with van der Waals surface area (Å²) in [6.07, 6.45) is 1.92. The lowest BCUT2D eigenvalue weighted by atomic mass is 9.86. The van der Waals surface area contributed by atoms with E-state index in [-0.39, 0.29) is 22.6 Å². The van der Waals surface area contributed by atoms with Gasteiger partial charge in [-0.25, -0.2) is 14.3 Å². The molecule has 1 atom stereocenters. The Kier molecular flexibility index (Phi) is 5.54. The Hall–Kier alpha value is -4.11. The summed E-state index contributed by atoms with van der Waals surface area (Å²) in [6.45, 7) is 0.723. The Morgan fingerprint density at radius 1 is 1.18 bits per heavy atom. The fraction of sp³-hybridized carbons (Fsp3) is 0.200. The van der Waals surface area contributed by atoms with E-state index in [1.807, 2.05) is 12.1 Å². The highest BCUT2D eigenvalue weighted by atomic mass is 19.1. The van der Waals surface area contributed by atoms with Crippen molar-refractivity contribution in [2.45, 2.75) is 18.9 Å². The second-order valence-electron chi connectivity index (χ2n) is 8.17. The molecule has 0 bridgehead atoms. The number of aromatic amines is 2. The Morgan fingerprint density at radius 2 is 1.97 bits per heavy atom. The molecule has 0 radical (unpaired) electrons. The van der Waals surface area contributed by atoms with Gasteiger partial charge in [-0.1, -0.05) is 24.3 Å². The van der Waals surface area contributed by atoms with Crippen molar-refractivity contribution in [3.05, 3.63) is 98.5 Å². The molecule has 0 saturated carbocycles. The number of rotatable bonds is 5. The van der Waals surface area contributed by atoms with E-state index in [0.29, 0.717) is 52.7 Å². The van der Waals surface area contributed by atoms with E-state index in [9.17, 15) is 18.8 Å². The quantitative estimate of drug-likeness (QED) is 0.312. The minimum Gasteiger partial charge on any atom is -0.464 e. The lowest BCUT2D eigenvalue weighted by Gasteiger charge is -2.23. The molecule has 2 aromatic heterocycles. The average molecular weight is 460 g/mol. The minimum atomic E-state index is -0.657. The van der Waals surface area contributed by atoms with Crippen molar-refractivity contribution < 1.29 is 18.7 Å². The summed E-state index contributed by atoms with van der Waals surface area (Å²) >= 11 is 0. The van der Waals surface area contributed by atoms with E-state index in [1.165, 1.54) is 19.2 Å². The number of methoxy groups -OCH3 is 1. The van der Waals surface area contributed by atoms with Gasteiger partial charge in [0.25, 0.3) is 5.56 Å². The molecule has 1 aliphatic heterocycles. The molecule has 2 aromatic carbocycles. The van der Waals surface area contributed by atoms with Gasteiger partial charge in [0.15, 0.2) is 5.78 Å². The Morgan fingerprint density at radius 3 is 2.76 bits per heavy atom. The van der Waals surface area contributed by atoms with E-state index < -0.39 is 17.7 Å². The zero-order chi connectivity index (χ0) is 23.8. The van der Waals surface area contributed by atoms with Crippen molar-refractivity contribution in [2.24, 2.45) is 0 Å². The van der Waals surface area contributed by atoms with Gasteiger partial charge in [0.1, 0.15) is 11.5 Å². The second-order valence-corrected chi connectivity index (χ2v) is 8.17. The molecule has 1 unspecified atom stereocenters. The molecule has 34 heavy (non-hydrogen) atoms. The number of hydrogen-bond acceptors (Lipinski definition) is 6. The van der Waals surface area contributed by atoms with Crippen LogP contribution in [0, 0.1) is 5.82 Å². The van der Waals surface area contributed by atoms with Gasteiger partial charge in [-0.15, -0.1) is 0 Å². The molecule has 3 N–H and O–H groups in total. The zero-order valence-electron chi connectivity index (χ0n) is 18.3. The summed E-state index contributed by atoms with van der Waals surface area (Å²) in [6, 6.07) is 11.5. The van der Waals surface area contributed by atoms with Gasteiger partial charge >= 0.3 is 5.97 Å². The Labute approximate surface area is 193 Å². The molecule has 0 spiro atoms. The SMILES string of the molecule is COC(=O)c1[nH]cc2c1CNCC2C(=O)c1cc(Cc2n[nH]c(=O)c3ccccc23)ccc1F. The largest absolute Gasteiger partial charge is 0.464 e. The number of Topliss-reactive ketones (excluding diaryl/α,β-unsaturated/α-hetero) is 1. The Balaban J connectivity index is 1.49. The van der Waals surface area contributed by atoms with Crippen LogP contribution in [0.15, 0.2) is 53.5 Å². The third-order valence-corrected chi connectivity index (χ3v) is 6.20. The predicted octanol–water partition coefficient (Wildman–Crippen LogP) is 2.84. The number of nitrogens with zero attached hydrogens (tertiary/aromatic N) is 1. The molecular weight excluding hydrogens is 439 g/mol. The predicted molar refractivity (Wildman–Crippen MR) is 122 cm³/mol. The van der Waals surface area contributed by atoms with Crippen LogP contribution >= 0.6 is 0 Å². The van der Waals surface area contributed by atoms with Crippen LogP contribution in [0.3, 0.4) is 0 Å². The third kappa shape index (κ3) is 3.69. The van der Waals surface area contributed by atoms with Crippen molar-refractivity contribution in [3.8, 4) is 0 Å². The van der Waals surface area contributed by atoms with E-state index in [4.69, 9.17) is 4.74 Å². The number of carbonyl (C=O) groups excluding carboxylic acids is 2. The lowest BCUT2D eigenvalue weighted by Crippen LogP contribution is -2.33. The number of ether oxygens (including phenoxy) is 1. The number of carbonyl (C=O) groups is 2. The first-order chi connectivity index (χ1) is 16.5. The first-order valence-corrected chi connectivity index (χ1v) is 10.8. The average Bonchev–Trinajstić information content (AvgIpc) is 3.30. The number of aromatic nitrogens is 3. The molecule has 4 aromatic rings. The monoisotopic (exact) mass is 460 g/mol. The van der Waals surface area contributed by atoms with Gasteiger partial charge in [0.2, 0.25) is 0 Å². The van der Waals surface area contributed by atoms with E-state index in [2.05, 4.69) is 20.5 Å². The van der Waals surface area contributed by atoms with Crippen LogP contribution in [0.1, 0.15) is 49.1 Å². The summed E-state index contributed by atoms with van der Waals surface area (Å²) in [5, 5.41) is 11.0. The number of H-pyrrole nitrogens is 2.